The van der Waals surface area contributed by atoms with Crippen molar-refractivity contribution in [2.24, 2.45) is 5.92 Å². The Morgan fingerprint density at radius 1 is 1.17 bits per heavy atom. The number of rotatable bonds is 6. The van der Waals surface area contributed by atoms with Crippen LogP contribution >= 0.6 is 0 Å². The average molecular weight is 317 g/mol. The minimum atomic E-state index is -2.88. The molecule has 0 aromatic heterocycles. The van der Waals surface area contributed by atoms with E-state index in [2.05, 4.69) is 10.1 Å². The fourth-order valence-electron chi connectivity index (χ4n) is 2.41. The van der Waals surface area contributed by atoms with Crippen LogP contribution in [0.1, 0.15) is 24.0 Å². The number of hydrogen-bond donors (Lipinski definition) is 1. The van der Waals surface area contributed by atoms with Gasteiger partial charge in [-0.15, -0.1) is 0 Å². The van der Waals surface area contributed by atoms with Crippen molar-refractivity contribution in [1.82, 2.24) is 0 Å². The Balaban J connectivity index is 1.83. The summed E-state index contributed by atoms with van der Waals surface area (Å²) in [4.78, 5) is 11.8. The molecular formula is C18H17F2NO2. The van der Waals surface area contributed by atoms with E-state index in [0.29, 0.717) is 17.7 Å². The van der Waals surface area contributed by atoms with E-state index < -0.39 is 6.61 Å². The lowest BCUT2D eigenvalue weighted by molar-refractivity contribution is -0.117. The summed E-state index contributed by atoms with van der Waals surface area (Å²) in [5.74, 6) is 0.205. The van der Waals surface area contributed by atoms with E-state index in [4.69, 9.17) is 0 Å². The molecule has 1 saturated carbocycles. The van der Waals surface area contributed by atoms with Crippen LogP contribution in [0, 0.1) is 5.92 Å². The minimum absolute atomic E-state index is 0.0156. The van der Waals surface area contributed by atoms with E-state index >= 15 is 0 Å². The number of amides is 1. The highest BCUT2D eigenvalue weighted by atomic mass is 19.3. The Kier molecular flexibility index (Phi) is 4.55. The molecule has 5 heteroatoms. The van der Waals surface area contributed by atoms with E-state index in [9.17, 15) is 13.6 Å². The highest BCUT2D eigenvalue weighted by molar-refractivity contribution is 5.94. The molecule has 1 aliphatic rings. The summed E-state index contributed by atoms with van der Waals surface area (Å²) < 4.78 is 29.7. The summed E-state index contributed by atoms with van der Waals surface area (Å²) in [6.45, 7) is -2.88. The third-order valence-corrected chi connectivity index (χ3v) is 3.73. The number of carbonyl (C=O) groups excluding carboxylic acids is 1. The molecule has 0 aliphatic heterocycles. The predicted octanol–water partition coefficient (Wildman–Crippen LogP) is 4.23. The van der Waals surface area contributed by atoms with Crippen molar-refractivity contribution in [1.29, 1.82) is 0 Å². The third-order valence-electron chi connectivity index (χ3n) is 3.73. The molecule has 3 rings (SSSR count). The molecule has 0 bridgehead atoms. The number of ether oxygens (including phenoxy) is 1. The van der Waals surface area contributed by atoms with Crippen molar-refractivity contribution >= 4 is 11.6 Å². The zero-order chi connectivity index (χ0) is 16.2. The molecule has 1 fully saturated rings. The van der Waals surface area contributed by atoms with Crippen molar-refractivity contribution in [2.75, 3.05) is 5.32 Å². The van der Waals surface area contributed by atoms with Crippen LogP contribution in [0.2, 0.25) is 0 Å². The summed E-state index contributed by atoms with van der Waals surface area (Å²) in [6, 6.07) is 14.3. The normalized spacial score (nSPS) is 13.9. The van der Waals surface area contributed by atoms with E-state index in [1.165, 1.54) is 6.07 Å². The average Bonchev–Trinajstić information content (AvgIpc) is 3.35. The molecule has 0 radical (unpaired) electrons. The quantitative estimate of drug-likeness (QED) is 0.866. The molecular weight excluding hydrogens is 300 g/mol. The number of benzene rings is 2. The summed E-state index contributed by atoms with van der Waals surface area (Å²) in [5, 5.41) is 2.83. The summed E-state index contributed by atoms with van der Waals surface area (Å²) in [6.07, 6.45) is 2.28. The predicted molar refractivity (Wildman–Crippen MR) is 83.7 cm³/mol. The van der Waals surface area contributed by atoms with Crippen LogP contribution in [0.25, 0.3) is 0 Å². The summed E-state index contributed by atoms with van der Waals surface area (Å²) >= 11 is 0. The number of alkyl halides is 2. The molecule has 0 saturated heterocycles. The highest BCUT2D eigenvalue weighted by Gasteiger charge is 2.29. The minimum Gasteiger partial charge on any atom is -0.435 e. The molecule has 23 heavy (non-hydrogen) atoms. The Labute approximate surface area is 133 Å². The first-order valence-electron chi connectivity index (χ1n) is 7.54. The lowest BCUT2D eigenvalue weighted by Crippen LogP contribution is -2.14. The first-order valence-corrected chi connectivity index (χ1v) is 7.54. The van der Waals surface area contributed by atoms with Gasteiger partial charge >= 0.3 is 6.61 Å². The number of nitrogens with one attached hydrogen (secondary N) is 1. The lowest BCUT2D eigenvalue weighted by atomic mass is 10.0. The first-order chi connectivity index (χ1) is 11.1. The van der Waals surface area contributed by atoms with Gasteiger partial charge in [0.15, 0.2) is 0 Å². The van der Waals surface area contributed by atoms with E-state index in [-0.39, 0.29) is 17.6 Å². The second-order valence-electron chi connectivity index (χ2n) is 5.63. The molecule has 0 unspecified atom stereocenters. The van der Waals surface area contributed by atoms with Crippen molar-refractivity contribution in [3.63, 3.8) is 0 Å². The maximum Gasteiger partial charge on any atom is 0.387 e. The first kappa shape index (κ1) is 15.5. The molecule has 2 aromatic rings. The second kappa shape index (κ2) is 6.77. The molecule has 1 amide bonds. The fourth-order valence-corrected chi connectivity index (χ4v) is 2.41. The zero-order valence-electron chi connectivity index (χ0n) is 12.5. The van der Waals surface area contributed by atoms with E-state index in [1.54, 1.807) is 12.1 Å². The van der Waals surface area contributed by atoms with Crippen LogP contribution in [0.4, 0.5) is 14.5 Å². The number of halogens is 2. The fraction of sp³-hybridized carbons (Fsp3) is 0.278. The smallest absolute Gasteiger partial charge is 0.387 e. The van der Waals surface area contributed by atoms with Gasteiger partial charge in [-0.1, -0.05) is 30.3 Å². The van der Waals surface area contributed by atoms with Crippen molar-refractivity contribution in [2.45, 2.75) is 25.9 Å². The molecule has 0 heterocycles. The van der Waals surface area contributed by atoms with Crippen molar-refractivity contribution < 1.29 is 18.3 Å². The van der Waals surface area contributed by atoms with E-state index in [1.807, 2.05) is 30.3 Å². The molecule has 0 spiro atoms. The number of anilines is 1. The van der Waals surface area contributed by atoms with Gasteiger partial charge in [-0.25, -0.2) is 0 Å². The third kappa shape index (κ3) is 4.28. The van der Waals surface area contributed by atoms with Crippen LogP contribution in [0.15, 0.2) is 48.5 Å². The van der Waals surface area contributed by atoms with Gasteiger partial charge < -0.3 is 10.1 Å². The van der Waals surface area contributed by atoms with Crippen molar-refractivity contribution in [3.05, 3.63) is 59.7 Å². The van der Waals surface area contributed by atoms with Gasteiger partial charge in [0.25, 0.3) is 0 Å². The van der Waals surface area contributed by atoms with Crippen molar-refractivity contribution in [3.8, 4) is 5.75 Å². The second-order valence-corrected chi connectivity index (χ2v) is 5.63. The van der Waals surface area contributed by atoms with E-state index in [0.717, 1.165) is 18.4 Å². The van der Waals surface area contributed by atoms with Gasteiger partial charge in [-0.05, 0) is 36.6 Å². The summed E-state index contributed by atoms with van der Waals surface area (Å²) in [5.41, 5.74) is 2.21. The maximum atomic E-state index is 12.6. The molecule has 1 N–H and O–H groups in total. The zero-order valence-corrected chi connectivity index (χ0v) is 12.5. The monoisotopic (exact) mass is 317 g/mol. The number of carbonyl (C=O) groups is 1. The van der Waals surface area contributed by atoms with Crippen LogP contribution < -0.4 is 10.1 Å². The topological polar surface area (TPSA) is 38.3 Å². The van der Waals surface area contributed by atoms with Gasteiger partial charge in [0.2, 0.25) is 5.91 Å². The number of hydrogen-bond acceptors (Lipinski definition) is 2. The molecule has 2 aromatic carbocycles. The van der Waals surface area contributed by atoms with Crippen LogP contribution in [-0.4, -0.2) is 12.5 Å². The van der Waals surface area contributed by atoms with Gasteiger partial charge in [-0.2, -0.15) is 8.78 Å². The Bertz CT molecular complexity index is 685. The maximum absolute atomic E-state index is 12.6. The van der Waals surface area contributed by atoms with Crippen LogP contribution in [0.3, 0.4) is 0 Å². The SMILES string of the molecule is O=C(Nc1ccc(OC(F)F)c(Cc2ccccc2)c1)C1CC1. The largest absolute Gasteiger partial charge is 0.435 e. The molecule has 0 atom stereocenters. The molecule has 3 nitrogen and oxygen atoms in total. The van der Waals surface area contributed by atoms with Gasteiger partial charge in [-0.3, -0.25) is 4.79 Å². The highest BCUT2D eigenvalue weighted by Crippen LogP contribution is 2.31. The Morgan fingerprint density at radius 2 is 1.91 bits per heavy atom. The van der Waals surface area contributed by atoms with Gasteiger partial charge in [0.05, 0.1) is 0 Å². The van der Waals surface area contributed by atoms with Crippen LogP contribution in [0.5, 0.6) is 5.75 Å². The summed E-state index contributed by atoms with van der Waals surface area (Å²) in [7, 11) is 0. The van der Waals surface area contributed by atoms with Gasteiger partial charge in [0, 0.05) is 23.6 Å². The lowest BCUT2D eigenvalue weighted by Gasteiger charge is -2.13. The van der Waals surface area contributed by atoms with Crippen LogP contribution in [-0.2, 0) is 11.2 Å². The molecule has 120 valence electrons. The van der Waals surface area contributed by atoms with Gasteiger partial charge in [0.1, 0.15) is 5.75 Å². The standard InChI is InChI=1S/C18H17F2NO2/c19-18(20)23-16-9-8-15(21-17(22)13-6-7-13)11-14(16)10-12-4-2-1-3-5-12/h1-5,8-9,11,13,18H,6-7,10H2,(H,21,22). The Morgan fingerprint density at radius 3 is 2.57 bits per heavy atom. The Hall–Kier alpha value is -2.43. The molecule has 1 aliphatic carbocycles.